The average molecular weight is 315 g/mol. The van der Waals surface area contributed by atoms with Gasteiger partial charge in [-0.05, 0) is 19.4 Å². The van der Waals surface area contributed by atoms with Gasteiger partial charge in [-0.25, -0.2) is 9.97 Å². The first-order valence-electron chi connectivity index (χ1n) is 8.10. The van der Waals surface area contributed by atoms with Gasteiger partial charge in [0.2, 0.25) is 5.88 Å². The zero-order chi connectivity index (χ0) is 15.6. The second-order valence-corrected chi connectivity index (χ2v) is 6.10. The minimum absolute atomic E-state index is 0.458. The molecule has 7 nitrogen and oxygen atoms in total. The molecule has 2 fully saturated rings. The van der Waals surface area contributed by atoms with E-state index in [-0.39, 0.29) is 0 Å². The highest BCUT2D eigenvalue weighted by atomic mass is 16.5. The molecular formula is C16H21N5O2. The van der Waals surface area contributed by atoms with Crippen LogP contribution in [0.1, 0.15) is 18.5 Å². The maximum absolute atomic E-state index is 5.78. The molecule has 0 radical (unpaired) electrons. The van der Waals surface area contributed by atoms with Crippen LogP contribution in [0, 0.1) is 6.92 Å². The third kappa shape index (κ3) is 2.88. The fourth-order valence-electron chi connectivity index (χ4n) is 3.29. The van der Waals surface area contributed by atoms with Gasteiger partial charge in [0.05, 0.1) is 31.9 Å². The molecule has 0 aromatic carbocycles. The molecule has 2 bridgehead atoms. The molecule has 0 N–H and O–H groups in total. The Hall–Kier alpha value is -2.15. The highest BCUT2D eigenvalue weighted by Crippen LogP contribution is 2.35. The van der Waals surface area contributed by atoms with Crippen molar-refractivity contribution in [2.75, 3.05) is 24.7 Å². The van der Waals surface area contributed by atoms with Gasteiger partial charge in [0.25, 0.3) is 0 Å². The Morgan fingerprint density at radius 3 is 2.91 bits per heavy atom. The number of hydrogen-bond donors (Lipinski definition) is 0. The van der Waals surface area contributed by atoms with Gasteiger partial charge in [-0.1, -0.05) is 0 Å². The van der Waals surface area contributed by atoms with E-state index in [0.717, 1.165) is 32.0 Å². The van der Waals surface area contributed by atoms with Crippen LogP contribution in [0.5, 0.6) is 5.88 Å². The first-order chi connectivity index (χ1) is 11.3. The third-order valence-electron chi connectivity index (χ3n) is 4.54. The Morgan fingerprint density at radius 2 is 2.17 bits per heavy atom. The average Bonchev–Trinajstić information content (AvgIpc) is 2.98. The number of aromatic nitrogens is 4. The topological polar surface area (TPSA) is 65.3 Å². The lowest BCUT2D eigenvalue weighted by molar-refractivity contribution is 0.00964. The van der Waals surface area contributed by atoms with E-state index in [1.807, 2.05) is 23.0 Å². The molecule has 0 aliphatic carbocycles. The number of hydrogen-bond acceptors (Lipinski definition) is 6. The summed E-state index contributed by atoms with van der Waals surface area (Å²) in [4.78, 5) is 10.9. The first kappa shape index (κ1) is 14.4. The quantitative estimate of drug-likeness (QED) is 0.751. The van der Waals surface area contributed by atoms with E-state index in [0.29, 0.717) is 24.6 Å². The Morgan fingerprint density at radius 1 is 1.30 bits per heavy atom. The fraction of sp³-hybridized carbons (Fsp3) is 0.562. The lowest BCUT2D eigenvalue weighted by Gasteiger charge is -2.52. The minimum atomic E-state index is 0.458. The van der Waals surface area contributed by atoms with Crippen molar-refractivity contribution in [3.8, 4) is 5.88 Å². The smallest absolute Gasteiger partial charge is 0.218 e. The highest BCUT2D eigenvalue weighted by molar-refractivity contribution is 5.47. The van der Waals surface area contributed by atoms with Crippen LogP contribution in [-0.4, -0.2) is 51.7 Å². The van der Waals surface area contributed by atoms with Crippen molar-refractivity contribution in [1.29, 1.82) is 0 Å². The number of ether oxygens (including phenoxy) is 2. The lowest BCUT2D eigenvalue weighted by Crippen LogP contribution is -2.64. The largest absolute Gasteiger partial charge is 0.477 e. The van der Waals surface area contributed by atoms with E-state index < -0.39 is 0 Å². The molecule has 4 heterocycles. The molecule has 4 rings (SSSR count). The summed E-state index contributed by atoms with van der Waals surface area (Å²) in [6.45, 7) is 5.11. The maximum atomic E-state index is 5.78. The normalized spacial score (nSPS) is 22.7. The SMILES string of the molecule is Cc1ccnn1CCCOc1cc(N2C3COCC2C3)ncn1. The summed E-state index contributed by atoms with van der Waals surface area (Å²) in [6.07, 6.45) is 5.49. The summed E-state index contributed by atoms with van der Waals surface area (Å²) in [7, 11) is 0. The number of rotatable bonds is 6. The van der Waals surface area contributed by atoms with Crippen LogP contribution in [0.15, 0.2) is 24.7 Å². The van der Waals surface area contributed by atoms with E-state index in [9.17, 15) is 0 Å². The zero-order valence-electron chi connectivity index (χ0n) is 13.3. The second-order valence-electron chi connectivity index (χ2n) is 6.10. The van der Waals surface area contributed by atoms with Gasteiger partial charge in [-0.3, -0.25) is 4.68 Å². The standard InChI is InChI=1S/C16H21N5O2/c1-12-3-4-19-20(12)5-2-6-23-16-8-15(17-11-18-16)21-13-7-14(21)10-22-9-13/h3-4,8,11,13-14H,2,5-7,9-10H2,1H3. The van der Waals surface area contributed by atoms with Crippen LogP contribution in [0.3, 0.4) is 0 Å². The van der Waals surface area contributed by atoms with E-state index in [2.05, 4.69) is 26.9 Å². The molecule has 0 saturated carbocycles. The summed E-state index contributed by atoms with van der Waals surface area (Å²) < 4.78 is 13.3. The van der Waals surface area contributed by atoms with Crippen molar-refractivity contribution >= 4 is 5.82 Å². The lowest BCUT2D eigenvalue weighted by atomic mass is 9.91. The second kappa shape index (κ2) is 6.16. The van der Waals surface area contributed by atoms with E-state index >= 15 is 0 Å². The molecule has 2 aliphatic heterocycles. The molecule has 2 atom stereocenters. The molecule has 2 saturated heterocycles. The van der Waals surface area contributed by atoms with E-state index in [1.165, 1.54) is 12.1 Å². The summed E-state index contributed by atoms with van der Waals surface area (Å²) in [5.74, 6) is 1.58. The molecule has 2 aliphatic rings. The minimum Gasteiger partial charge on any atom is -0.477 e. The molecule has 0 spiro atoms. The van der Waals surface area contributed by atoms with E-state index in [1.54, 1.807) is 6.33 Å². The predicted molar refractivity (Wildman–Crippen MR) is 84.6 cm³/mol. The Bertz CT molecular complexity index is 660. The van der Waals surface area contributed by atoms with Gasteiger partial charge >= 0.3 is 0 Å². The van der Waals surface area contributed by atoms with Crippen molar-refractivity contribution < 1.29 is 9.47 Å². The fourth-order valence-corrected chi connectivity index (χ4v) is 3.29. The van der Waals surface area contributed by atoms with Gasteiger partial charge in [0, 0.05) is 30.9 Å². The molecule has 2 aromatic rings. The number of fused-ring (bicyclic) bond motifs is 2. The van der Waals surface area contributed by atoms with Crippen LogP contribution < -0.4 is 9.64 Å². The predicted octanol–water partition coefficient (Wildman–Crippen LogP) is 1.43. The Balaban J connectivity index is 1.31. The molecule has 0 amide bonds. The third-order valence-corrected chi connectivity index (χ3v) is 4.54. The summed E-state index contributed by atoms with van der Waals surface area (Å²) in [6, 6.07) is 4.85. The number of nitrogens with zero attached hydrogens (tertiary/aromatic N) is 5. The van der Waals surface area contributed by atoms with Crippen molar-refractivity contribution in [2.45, 2.75) is 38.4 Å². The molecule has 2 unspecified atom stereocenters. The highest BCUT2D eigenvalue weighted by Gasteiger charge is 2.43. The monoisotopic (exact) mass is 315 g/mol. The zero-order valence-corrected chi connectivity index (χ0v) is 13.3. The van der Waals surface area contributed by atoms with Crippen molar-refractivity contribution in [3.05, 3.63) is 30.4 Å². The summed E-state index contributed by atoms with van der Waals surface area (Å²) in [5.41, 5.74) is 1.17. The number of aryl methyl sites for hydroxylation is 2. The van der Waals surface area contributed by atoms with Gasteiger partial charge in [-0.2, -0.15) is 5.10 Å². The van der Waals surface area contributed by atoms with Crippen molar-refractivity contribution in [1.82, 2.24) is 19.7 Å². The van der Waals surface area contributed by atoms with Crippen LogP contribution in [0.25, 0.3) is 0 Å². The summed E-state index contributed by atoms with van der Waals surface area (Å²) >= 11 is 0. The van der Waals surface area contributed by atoms with Crippen LogP contribution in [0.4, 0.5) is 5.82 Å². The van der Waals surface area contributed by atoms with Crippen LogP contribution in [0.2, 0.25) is 0 Å². The molecule has 7 heteroatoms. The molecular weight excluding hydrogens is 294 g/mol. The molecule has 122 valence electrons. The maximum Gasteiger partial charge on any atom is 0.218 e. The van der Waals surface area contributed by atoms with Gasteiger partial charge in [0.1, 0.15) is 12.1 Å². The Labute approximate surface area is 135 Å². The van der Waals surface area contributed by atoms with Gasteiger partial charge in [-0.15, -0.1) is 0 Å². The van der Waals surface area contributed by atoms with Crippen molar-refractivity contribution in [2.24, 2.45) is 0 Å². The summed E-state index contributed by atoms with van der Waals surface area (Å²) in [5, 5.41) is 4.27. The van der Waals surface area contributed by atoms with Crippen LogP contribution in [-0.2, 0) is 11.3 Å². The number of morpholine rings is 1. The van der Waals surface area contributed by atoms with Crippen LogP contribution >= 0.6 is 0 Å². The number of anilines is 1. The van der Waals surface area contributed by atoms with E-state index in [4.69, 9.17) is 9.47 Å². The van der Waals surface area contributed by atoms with Gasteiger partial charge < -0.3 is 14.4 Å². The van der Waals surface area contributed by atoms with Gasteiger partial charge in [0.15, 0.2) is 0 Å². The Kier molecular flexibility index (Phi) is 3.87. The van der Waals surface area contributed by atoms with Crippen molar-refractivity contribution in [3.63, 3.8) is 0 Å². The first-order valence-corrected chi connectivity index (χ1v) is 8.10. The molecule has 2 aromatic heterocycles. The molecule has 23 heavy (non-hydrogen) atoms.